The molecule has 0 unspecified atom stereocenters. The van der Waals surface area contributed by atoms with Crippen LogP contribution < -0.4 is 10.6 Å². The molecule has 1 aliphatic heterocycles. The summed E-state index contributed by atoms with van der Waals surface area (Å²) < 4.78 is 7.51. The molecule has 0 bridgehead atoms. The number of hydrogen-bond donors (Lipinski definition) is 2. The topological polar surface area (TPSA) is 105 Å². The normalized spacial score (nSPS) is 21.0. The highest BCUT2D eigenvalue weighted by Crippen LogP contribution is 2.55. The number of fused-ring (bicyclic) bond motifs is 1. The molecule has 3 aromatic heterocycles. The summed E-state index contributed by atoms with van der Waals surface area (Å²) in [6.45, 7) is 5.15. The van der Waals surface area contributed by atoms with E-state index in [0.29, 0.717) is 16.6 Å². The Morgan fingerprint density at radius 1 is 1.28 bits per heavy atom. The zero-order chi connectivity index (χ0) is 24.9. The summed E-state index contributed by atoms with van der Waals surface area (Å²) in [5, 5.41) is 6.21. The van der Waals surface area contributed by atoms with Crippen molar-refractivity contribution in [2.75, 3.05) is 30.8 Å². The predicted molar refractivity (Wildman–Crippen MR) is 139 cm³/mol. The van der Waals surface area contributed by atoms with Crippen molar-refractivity contribution in [3.63, 3.8) is 0 Å². The number of rotatable bonds is 6. The predicted octanol–water partition coefficient (Wildman–Crippen LogP) is 4.79. The molecule has 2 N–H and O–H groups in total. The first kappa shape index (κ1) is 22.5. The molecule has 2 fully saturated rings. The quantitative estimate of drug-likeness (QED) is 0.368. The first-order chi connectivity index (χ1) is 17.5. The maximum Gasteiger partial charge on any atom is 0.268 e. The highest BCUT2D eigenvalue weighted by molar-refractivity contribution is 7.17. The van der Waals surface area contributed by atoms with Crippen molar-refractivity contribution in [2.24, 2.45) is 5.41 Å². The molecule has 2 aliphatic rings. The number of nitrogens with zero attached hydrogens (tertiary/aromatic N) is 4. The fourth-order valence-electron chi connectivity index (χ4n) is 5.51. The lowest BCUT2D eigenvalue weighted by Gasteiger charge is -2.46. The fraction of sp³-hybridized carbons (Fsp3) is 0.308. The Kier molecular flexibility index (Phi) is 5.40. The van der Waals surface area contributed by atoms with E-state index in [1.807, 2.05) is 36.2 Å². The van der Waals surface area contributed by atoms with Gasteiger partial charge >= 0.3 is 0 Å². The van der Waals surface area contributed by atoms with Crippen LogP contribution in [0.2, 0.25) is 0 Å². The van der Waals surface area contributed by atoms with Gasteiger partial charge in [0.2, 0.25) is 11.9 Å². The first-order valence-electron chi connectivity index (χ1n) is 11.9. The van der Waals surface area contributed by atoms with Gasteiger partial charge in [-0.2, -0.15) is 0 Å². The number of carbonyl (C=O) groups is 2. The second-order valence-electron chi connectivity index (χ2n) is 9.52. The number of amides is 2. The number of imidazole rings is 1. The minimum atomic E-state index is -0.214. The third kappa shape index (κ3) is 3.78. The zero-order valence-electron chi connectivity index (χ0n) is 19.9. The Hall–Kier alpha value is -3.92. The molecule has 10 heteroatoms. The van der Waals surface area contributed by atoms with Gasteiger partial charge in [-0.3, -0.25) is 14.9 Å². The monoisotopic (exact) mass is 502 g/mol. The lowest BCUT2D eigenvalue weighted by molar-refractivity contribution is -0.125. The van der Waals surface area contributed by atoms with E-state index >= 15 is 0 Å². The van der Waals surface area contributed by atoms with Gasteiger partial charge in [-0.05, 0) is 61.1 Å². The van der Waals surface area contributed by atoms with Gasteiger partial charge < -0.3 is 19.2 Å². The lowest BCUT2D eigenvalue weighted by Crippen LogP contribution is -2.42. The van der Waals surface area contributed by atoms with Crippen LogP contribution in [0.15, 0.2) is 60.0 Å². The van der Waals surface area contributed by atoms with Crippen molar-refractivity contribution in [2.45, 2.75) is 25.3 Å². The Balaban J connectivity index is 1.28. The molecular weight excluding hydrogens is 476 g/mol. The van der Waals surface area contributed by atoms with E-state index in [-0.39, 0.29) is 23.3 Å². The third-order valence-electron chi connectivity index (χ3n) is 7.34. The number of thiophene rings is 1. The van der Waals surface area contributed by atoms with Crippen LogP contribution in [-0.2, 0) is 4.79 Å². The van der Waals surface area contributed by atoms with Crippen LogP contribution in [-0.4, -0.2) is 51.4 Å². The summed E-state index contributed by atoms with van der Waals surface area (Å²) in [6, 6.07) is 9.88. The third-order valence-corrected chi connectivity index (χ3v) is 8.43. The van der Waals surface area contributed by atoms with E-state index in [1.54, 1.807) is 12.3 Å². The molecule has 1 saturated carbocycles. The summed E-state index contributed by atoms with van der Waals surface area (Å²) in [7, 11) is 1.87. The highest BCUT2D eigenvalue weighted by atomic mass is 32.1. The molecule has 1 aliphatic carbocycles. The van der Waals surface area contributed by atoms with Crippen molar-refractivity contribution in [3.05, 3.63) is 60.5 Å². The molecule has 1 aromatic carbocycles. The van der Waals surface area contributed by atoms with Crippen LogP contribution in [0.1, 0.15) is 35.0 Å². The number of benzene rings is 1. The maximum absolute atomic E-state index is 13.2. The molecular formula is C26H26N6O3S. The number of oxazole rings is 1. The molecule has 36 heavy (non-hydrogen) atoms. The molecule has 4 heterocycles. The number of nitrogens with one attached hydrogen (secondary N) is 2. The van der Waals surface area contributed by atoms with E-state index in [0.717, 1.165) is 53.9 Å². The van der Waals surface area contributed by atoms with Crippen LogP contribution in [0.3, 0.4) is 0 Å². The van der Waals surface area contributed by atoms with Gasteiger partial charge in [0.05, 0.1) is 27.0 Å². The van der Waals surface area contributed by atoms with Crippen molar-refractivity contribution in [1.82, 2.24) is 19.4 Å². The minimum absolute atomic E-state index is 0.00315. The van der Waals surface area contributed by atoms with Crippen molar-refractivity contribution < 1.29 is 14.0 Å². The Morgan fingerprint density at radius 3 is 2.89 bits per heavy atom. The molecule has 6 rings (SSSR count). The Labute approximate surface area is 211 Å². The van der Waals surface area contributed by atoms with Gasteiger partial charge in [0.15, 0.2) is 12.2 Å². The first-order valence-corrected chi connectivity index (χ1v) is 12.7. The van der Waals surface area contributed by atoms with Crippen LogP contribution in [0, 0.1) is 5.41 Å². The number of hydrogen-bond acceptors (Lipinski definition) is 7. The van der Waals surface area contributed by atoms with Crippen LogP contribution in [0.25, 0.3) is 21.7 Å². The summed E-state index contributed by atoms with van der Waals surface area (Å²) >= 11 is 1.35. The van der Waals surface area contributed by atoms with Gasteiger partial charge in [-0.15, -0.1) is 11.3 Å². The van der Waals surface area contributed by atoms with Gasteiger partial charge in [0.1, 0.15) is 0 Å². The average molecular weight is 503 g/mol. The van der Waals surface area contributed by atoms with E-state index in [4.69, 9.17) is 9.40 Å². The van der Waals surface area contributed by atoms with Gasteiger partial charge in [0, 0.05) is 31.9 Å². The molecule has 1 saturated heterocycles. The van der Waals surface area contributed by atoms with E-state index in [2.05, 4.69) is 26.8 Å². The number of aromatic nitrogens is 3. The number of anilines is 2. The summed E-state index contributed by atoms with van der Waals surface area (Å²) in [5.41, 5.74) is 2.88. The van der Waals surface area contributed by atoms with Gasteiger partial charge in [-0.1, -0.05) is 6.58 Å². The molecule has 4 aromatic rings. The second-order valence-corrected chi connectivity index (χ2v) is 10.6. The Morgan fingerprint density at radius 2 is 2.14 bits per heavy atom. The summed E-state index contributed by atoms with van der Waals surface area (Å²) in [4.78, 5) is 37.4. The van der Waals surface area contributed by atoms with Crippen molar-refractivity contribution in [3.8, 4) is 10.6 Å². The minimum Gasteiger partial charge on any atom is -0.443 e. The van der Waals surface area contributed by atoms with Gasteiger partial charge in [0.25, 0.3) is 5.91 Å². The van der Waals surface area contributed by atoms with E-state index in [9.17, 15) is 9.59 Å². The van der Waals surface area contributed by atoms with Crippen LogP contribution in [0.5, 0.6) is 0 Å². The van der Waals surface area contributed by atoms with Gasteiger partial charge in [-0.25, -0.2) is 9.97 Å². The molecule has 184 valence electrons. The SMILES string of the molecule is C=CC(=O)N1CC[C@]2(C1)C[C@H](n1c(NC(=O)c3ccc(-c4cnco4)s3)nc3cc(NC)ccc31)C2. The van der Waals surface area contributed by atoms with E-state index < -0.39 is 0 Å². The average Bonchev–Trinajstić information content (AvgIpc) is 3.66. The largest absolute Gasteiger partial charge is 0.443 e. The van der Waals surface area contributed by atoms with E-state index in [1.165, 1.54) is 23.8 Å². The van der Waals surface area contributed by atoms with Crippen LogP contribution in [0.4, 0.5) is 11.6 Å². The standard InChI is InChI=1S/C26H26N6O3S/c1-3-23(33)31-9-8-26(14-31)11-17(12-26)32-19-5-4-16(27-2)10-18(19)29-25(32)30-24(34)22-7-6-21(36-22)20-13-28-15-35-20/h3-7,10,13,15,17,27H,1,8-9,11-12,14H2,2H3,(H,29,30,34)/t17-,26-. The number of carbonyl (C=O) groups excluding carboxylic acids is 2. The molecule has 2 amide bonds. The Bertz CT molecular complexity index is 1460. The van der Waals surface area contributed by atoms with Crippen LogP contribution >= 0.6 is 11.3 Å². The molecule has 1 spiro atoms. The zero-order valence-corrected chi connectivity index (χ0v) is 20.7. The maximum atomic E-state index is 13.2. The fourth-order valence-corrected chi connectivity index (χ4v) is 6.37. The lowest BCUT2D eigenvalue weighted by atomic mass is 9.65. The highest BCUT2D eigenvalue weighted by Gasteiger charge is 2.50. The van der Waals surface area contributed by atoms with Crippen molar-refractivity contribution >= 4 is 45.8 Å². The second kappa shape index (κ2) is 8.63. The smallest absolute Gasteiger partial charge is 0.268 e. The molecule has 0 radical (unpaired) electrons. The summed E-state index contributed by atoms with van der Waals surface area (Å²) in [6.07, 6.45) is 7.25. The number of likely N-dealkylation sites (tertiary alicyclic amines) is 1. The summed E-state index contributed by atoms with van der Waals surface area (Å²) in [5.74, 6) is 0.950. The molecule has 9 nitrogen and oxygen atoms in total. The van der Waals surface area contributed by atoms with Crippen molar-refractivity contribution in [1.29, 1.82) is 0 Å². The molecule has 0 atom stereocenters.